The van der Waals surface area contributed by atoms with Crippen molar-refractivity contribution >= 4 is 33.2 Å². The predicted octanol–water partition coefficient (Wildman–Crippen LogP) is 6.43. The molecule has 128 valence electrons. The van der Waals surface area contributed by atoms with E-state index in [1.54, 1.807) is 18.2 Å². The molecule has 0 aliphatic rings. The Hall–Kier alpha value is -2.04. The Morgan fingerprint density at radius 3 is 2.52 bits per heavy atom. The minimum absolute atomic E-state index is 0.174. The van der Waals surface area contributed by atoms with Crippen LogP contribution >= 0.6 is 27.5 Å². The summed E-state index contributed by atoms with van der Waals surface area (Å²) in [5.41, 5.74) is 2.32. The van der Waals surface area contributed by atoms with E-state index in [0.29, 0.717) is 22.9 Å². The third-order valence-corrected chi connectivity index (χ3v) is 4.53. The molecule has 0 spiro atoms. The fourth-order valence-electron chi connectivity index (χ4n) is 2.39. The number of anilines is 1. The lowest BCUT2D eigenvalue weighted by Crippen LogP contribution is -2.05. The van der Waals surface area contributed by atoms with Gasteiger partial charge in [-0.3, -0.25) is 0 Å². The van der Waals surface area contributed by atoms with E-state index in [0.717, 1.165) is 15.7 Å². The van der Waals surface area contributed by atoms with Gasteiger partial charge in [-0.1, -0.05) is 57.9 Å². The van der Waals surface area contributed by atoms with Crippen LogP contribution in [0.2, 0.25) is 5.02 Å². The molecule has 0 saturated carbocycles. The van der Waals surface area contributed by atoms with Crippen LogP contribution in [0.3, 0.4) is 0 Å². The molecule has 3 rings (SSSR count). The summed E-state index contributed by atoms with van der Waals surface area (Å²) in [5.74, 6) is 0.432. The van der Waals surface area contributed by atoms with Crippen molar-refractivity contribution < 1.29 is 9.13 Å². The fraction of sp³-hybridized carbons (Fsp3) is 0.100. The van der Waals surface area contributed by atoms with Crippen molar-refractivity contribution in [1.29, 1.82) is 0 Å². The average molecular weight is 421 g/mol. The minimum Gasteiger partial charge on any atom is -0.488 e. The lowest BCUT2D eigenvalue weighted by atomic mass is 10.2. The molecule has 0 radical (unpaired) electrons. The molecule has 0 fully saturated rings. The highest BCUT2D eigenvalue weighted by Gasteiger charge is 2.08. The summed E-state index contributed by atoms with van der Waals surface area (Å²) in [6, 6.07) is 19.9. The van der Waals surface area contributed by atoms with Crippen LogP contribution in [-0.2, 0) is 13.2 Å². The van der Waals surface area contributed by atoms with Gasteiger partial charge in [0.15, 0.2) is 0 Å². The quantitative estimate of drug-likeness (QED) is 0.496. The molecule has 0 aliphatic heterocycles. The highest BCUT2D eigenvalue weighted by Crippen LogP contribution is 2.27. The highest BCUT2D eigenvalue weighted by atomic mass is 79.9. The van der Waals surface area contributed by atoms with Gasteiger partial charge in [0.2, 0.25) is 0 Å². The zero-order valence-electron chi connectivity index (χ0n) is 13.3. The summed E-state index contributed by atoms with van der Waals surface area (Å²) in [6.07, 6.45) is 0. The molecule has 0 atom stereocenters. The molecule has 0 heterocycles. The van der Waals surface area contributed by atoms with Crippen molar-refractivity contribution in [3.63, 3.8) is 0 Å². The number of rotatable bonds is 6. The van der Waals surface area contributed by atoms with E-state index in [4.69, 9.17) is 16.3 Å². The van der Waals surface area contributed by atoms with Crippen molar-refractivity contribution in [1.82, 2.24) is 0 Å². The van der Waals surface area contributed by atoms with Crippen LogP contribution in [-0.4, -0.2) is 0 Å². The number of hydrogen-bond donors (Lipinski definition) is 1. The predicted molar refractivity (Wildman–Crippen MR) is 104 cm³/mol. The number of benzene rings is 3. The Morgan fingerprint density at radius 1 is 0.960 bits per heavy atom. The standard InChI is InChI=1S/C20H16BrClFNO/c21-16-9-10-20(25-13-14-5-1-3-7-18(14)23)15(11-16)12-24-19-8-4-2-6-17(19)22/h1-11,24H,12-13H2. The number of para-hydroxylation sites is 1. The van der Waals surface area contributed by atoms with Crippen LogP contribution in [0.4, 0.5) is 10.1 Å². The van der Waals surface area contributed by atoms with Gasteiger partial charge in [0, 0.05) is 22.1 Å². The molecule has 25 heavy (non-hydrogen) atoms. The second-order valence-electron chi connectivity index (χ2n) is 5.47. The first-order valence-corrected chi connectivity index (χ1v) is 8.93. The van der Waals surface area contributed by atoms with Gasteiger partial charge in [-0.05, 0) is 36.4 Å². The van der Waals surface area contributed by atoms with Crippen LogP contribution in [0.5, 0.6) is 5.75 Å². The molecule has 0 bridgehead atoms. The van der Waals surface area contributed by atoms with Crippen molar-refractivity contribution in [2.75, 3.05) is 5.32 Å². The maximum Gasteiger partial charge on any atom is 0.129 e. The summed E-state index contributed by atoms with van der Waals surface area (Å²) in [4.78, 5) is 0. The Labute approximate surface area is 159 Å². The van der Waals surface area contributed by atoms with Gasteiger partial charge >= 0.3 is 0 Å². The van der Waals surface area contributed by atoms with E-state index in [1.165, 1.54) is 6.07 Å². The Balaban J connectivity index is 1.74. The highest BCUT2D eigenvalue weighted by molar-refractivity contribution is 9.10. The Kier molecular flexibility index (Phi) is 5.95. The number of halogens is 3. The normalized spacial score (nSPS) is 10.5. The number of ether oxygens (including phenoxy) is 1. The van der Waals surface area contributed by atoms with Gasteiger partial charge in [0.1, 0.15) is 18.2 Å². The average Bonchev–Trinajstić information content (AvgIpc) is 2.61. The third kappa shape index (κ3) is 4.74. The molecule has 2 nitrogen and oxygen atoms in total. The molecular formula is C20H16BrClFNO. The van der Waals surface area contributed by atoms with Gasteiger partial charge in [-0.25, -0.2) is 4.39 Å². The zero-order valence-corrected chi connectivity index (χ0v) is 15.6. The summed E-state index contributed by atoms with van der Waals surface area (Å²) >= 11 is 9.65. The molecule has 0 aromatic heterocycles. The number of nitrogens with one attached hydrogen (secondary N) is 1. The lowest BCUT2D eigenvalue weighted by Gasteiger charge is -2.14. The van der Waals surface area contributed by atoms with Crippen LogP contribution < -0.4 is 10.1 Å². The summed E-state index contributed by atoms with van der Waals surface area (Å²) < 4.78 is 20.5. The first kappa shape index (κ1) is 17.8. The maximum absolute atomic E-state index is 13.8. The van der Waals surface area contributed by atoms with Crippen molar-refractivity contribution in [2.45, 2.75) is 13.2 Å². The molecule has 3 aromatic rings. The van der Waals surface area contributed by atoms with E-state index in [2.05, 4.69) is 21.2 Å². The van der Waals surface area contributed by atoms with Crippen molar-refractivity contribution in [2.24, 2.45) is 0 Å². The van der Waals surface area contributed by atoms with Gasteiger partial charge < -0.3 is 10.1 Å². The lowest BCUT2D eigenvalue weighted by molar-refractivity contribution is 0.297. The summed E-state index contributed by atoms with van der Waals surface area (Å²) in [6.45, 7) is 0.711. The first-order valence-electron chi connectivity index (χ1n) is 7.76. The molecule has 3 aromatic carbocycles. The summed E-state index contributed by atoms with van der Waals surface area (Å²) in [5, 5.41) is 3.96. The first-order chi connectivity index (χ1) is 12.1. The Bertz CT molecular complexity index is 872. The summed E-state index contributed by atoms with van der Waals surface area (Å²) in [7, 11) is 0. The zero-order chi connectivity index (χ0) is 17.6. The van der Waals surface area contributed by atoms with Crippen molar-refractivity contribution in [3.05, 3.63) is 93.2 Å². The molecule has 0 unspecified atom stereocenters. The second-order valence-corrected chi connectivity index (χ2v) is 6.79. The molecular weight excluding hydrogens is 405 g/mol. The smallest absolute Gasteiger partial charge is 0.129 e. The SMILES string of the molecule is Fc1ccccc1COc1ccc(Br)cc1CNc1ccccc1Cl. The Morgan fingerprint density at radius 2 is 1.72 bits per heavy atom. The van der Waals surface area contributed by atoms with E-state index < -0.39 is 0 Å². The second kappa shape index (κ2) is 8.37. The van der Waals surface area contributed by atoms with E-state index in [1.807, 2.05) is 42.5 Å². The topological polar surface area (TPSA) is 21.3 Å². The largest absolute Gasteiger partial charge is 0.488 e. The molecule has 0 amide bonds. The third-order valence-electron chi connectivity index (χ3n) is 3.71. The van der Waals surface area contributed by atoms with Crippen LogP contribution in [0, 0.1) is 5.82 Å². The van der Waals surface area contributed by atoms with E-state index in [9.17, 15) is 4.39 Å². The molecule has 0 aliphatic carbocycles. The van der Waals surface area contributed by atoms with E-state index >= 15 is 0 Å². The van der Waals surface area contributed by atoms with Crippen molar-refractivity contribution in [3.8, 4) is 5.75 Å². The molecule has 1 N–H and O–H groups in total. The molecule has 0 saturated heterocycles. The van der Waals surface area contributed by atoms with Gasteiger partial charge in [0.25, 0.3) is 0 Å². The van der Waals surface area contributed by atoms with Gasteiger partial charge in [-0.2, -0.15) is 0 Å². The number of hydrogen-bond acceptors (Lipinski definition) is 2. The van der Waals surface area contributed by atoms with Crippen LogP contribution in [0.25, 0.3) is 0 Å². The van der Waals surface area contributed by atoms with E-state index in [-0.39, 0.29) is 12.4 Å². The van der Waals surface area contributed by atoms with Crippen LogP contribution in [0.15, 0.2) is 71.2 Å². The van der Waals surface area contributed by atoms with Gasteiger partial charge in [0.05, 0.1) is 10.7 Å². The fourth-order valence-corrected chi connectivity index (χ4v) is 3.00. The monoisotopic (exact) mass is 419 g/mol. The van der Waals surface area contributed by atoms with Crippen LogP contribution in [0.1, 0.15) is 11.1 Å². The minimum atomic E-state index is -0.268. The molecule has 5 heteroatoms. The maximum atomic E-state index is 13.8. The van der Waals surface area contributed by atoms with Gasteiger partial charge in [-0.15, -0.1) is 0 Å².